The number of aliphatic hydroxyl groups excluding tert-OH is 1. The maximum Gasteiger partial charge on any atom is 0.0586 e. The molecule has 3 nitrogen and oxygen atoms in total. The second kappa shape index (κ2) is 5.48. The fourth-order valence-corrected chi connectivity index (χ4v) is 2.83. The van der Waals surface area contributed by atoms with Gasteiger partial charge in [0, 0.05) is 26.3 Å². The summed E-state index contributed by atoms with van der Waals surface area (Å²) in [5.74, 6) is 0. The van der Waals surface area contributed by atoms with E-state index in [-0.39, 0.29) is 0 Å². The first-order valence-electron chi connectivity index (χ1n) is 6.65. The molecule has 3 heteroatoms. The molecule has 2 rings (SSSR count). The highest BCUT2D eigenvalue weighted by molar-refractivity contribution is 4.95. The van der Waals surface area contributed by atoms with E-state index in [1.807, 2.05) is 7.11 Å². The summed E-state index contributed by atoms with van der Waals surface area (Å²) in [6.45, 7) is 1.43. The molecule has 94 valence electrons. The molecule has 2 saturated carbocycles. The highest BCUT2D eigenvalue weighted by atomic mass is 16.5. The van der Waals surface area contributed by atoms with Crippen molar-refractivity contribution in [3.63, 3.8) is 0 Å². The van der Waals surface area contributed by atoms with Crippen molar-refractivity contribution in [1.82, 2.24) is 5.32 Å². The minimum absolute atomic E-state index is 0.340. The van der Waals surface area contributed by atoms with E-state index >= 15 is 0 Å². The molecule has 0 aromatic carbocycles. The van der Waals surface area contributed by atoms with Crippen LogP contribution >= 0.6 is 0 Å². The lowest BCUT2D eigenvalue weighted by atomic mass is 9.92. The summed E-state index contributed by atoms with van der Waals surface area (Å²) < 4.78 is 5.44. The van der Waals surface area contributed by atoms with Crippen LogP contribution in [-0.2, 0) is 4.74 Å². The molecule has 2 atom stereocenters. The van der Waals surface area contributed by atoms with Gasteiger partial charge in [-0.15, -0.1) is 0 Å². The molecule has 2 unspecified atom stereocenters. The molecule has 0 aliphatic heterocycles. The molecule has 0 saturated heterocycles. The Labute approximate surface area is 98.6 Å². The van der Waals surface area contributed by atoms with E-state index in [9.17, 15) is 0 Å². The number of nitrogens with one attached hydrogen (secondary N) is 1. The number of methoxy groups -OCH3 is 1. The van der Waals surface area contributed by atoms with Gasteiger partial charge in [0.15, 0.2) is 0 Å². The van der Waals surface area contributed by atoms with Crippen LogP contribution in [0.4, 0.5) is 0 Å². The summed E-state index contributed by atoms with van der Waals surface area (Å²) in [4.78, 5) is 0. The Balaban J connectivity index is 1.69. The number of ether oxygens (including phenoxy) is 1. The molecule has 0 bridgehead atoms. The lowest BCUT2D eigenvalue weighted by molar-refractivity contribution is 0.0577. The Morgan fingerprint density at radius 1 is 1.38 bits per heavy atom. The van der Waals surface area contributed by atoms with Crippen LogP contribution in [0.2, 0.25) is 0 Å². The normalized spacial score (nSPS) is 32.6. The van der Waals surface area contributed by atoms with E-state index in [2.05, 4.69) is 5.32 Å². The average Bonchev–Trinajstić information content (AvgIpc) is 3.08. The Bertz CT molecular complexity index is 216. The lowest BCUT2D eigenvalue weighted by Crippen LogP contribution is -2.39. The number of hydrogen-bond acceptors (Lipinski definition) is 3. The number of rotatable bonds is 6. The fraction of sp³-hybridized carbons (Fsp3) is 1.00. The van der Waals surface area contributed by atoms with Crippen LogP contribution in [-0.4, -0.2) is 37.5 Å². The fourth-order valence-electron chi connectivity index (χ4n) is 2.83. The molecule has 0 heterocycles. The average molecular weight is 227 g/mol. The number of hydrogen-bond donors (Lipinski definition) is 2. The van der Waals surface area contributed by atoms with E-state index in [1.54, 1.807) is 0 Å². The molecule has 2 aliphatic rings. The summed E-state index contributed by atoms with van der Waals surface area (Å²) in [7, 11) is 1.82. The minimum Gasteiger partial charge on any atom is -0.396 e. The zero-order chi connectivity index (χ0) is 11.4. The zero-order valence-electron chi connectivity index (χ0n) is 10.4. The first-order valence-corrected chi connectivity index (χ1v) is 6.65. The maximum absolute atomic E-state index is 9.01. The SMILES string of the molecule is COC1CCCC(NCC2(CCO)CC2)C1. The maximum atomic E-state index is 9.01. The monoisotopic (exact) mass is 227 g/mol. The molecule has 0 spiro atoms. The standard InChI is InChI=1S/C13H25NO2/c1-16-12-4-2-3-11(9-12)14-10-13(5-6-13)7-8-15/h11-12,14-15H,2-10H2,1H3. The highest BCUT2D eigenvalue weighted by Crippen LogP contribution is 2.48. The minimum atomic E-state index is 0.340. The predicted molar refractivity (Wildman–Crippen MR) is 64.4 cm³/mol. The molecular formula is C13H25NO2. The van der Waals surface area contributed by atoms with Crippen LogP contribution < -0.4 is 5.32 Å². The third kappa shape index (κ3) is 3.19. The van der Waals surface area contributed by atoms with E-state index in [0.717, 1.165) is 19.4 Å². The van der Waals surface area contributed by atoms with Crippen molar-refractivity contribution in [3.8, 4) is 0 Å². The Kier molecular flexibility index (Phi) is 4.22. The van der Waals surface area contributed by atoms with Crippen LogP contribution in [0.3, 0.4) is 0 Å². The summed E-state index contributed by atoms with van der Waals surface area (Å²) in [5, 5.41) is 12.7. The molecule has 0 radical (unpaired) electrons. The Morgan fingerprint density at radius 3 is 2.81 bits per heavy atom. The van der Waals surface area contributed by atoms with Crippen molar-refractivity contribution in [2.45, 2.75) is 57.1 Å². The third-order valence-corrected chi connectivity index (χ3v) is 4.32. The van der Waals surface area contributed by atoms with Crippen molar-refractivity contribution in [2.24, 2.45) is 5.41 Å². The van der Waals surface area contributed by atoms with Gasteiger partial charge in [-0.25, -0.2) is 0 Å². The quantitative estimate of drug-likeness (QED) is 0.725. The number of aliphatic hydroxyl groups is 1. The Morgan fingerprint density at radius 2 is 2.19 bits per heavy atom. The van der Waals surface area contributed by atoms with Crippen molar-refractivity contribution < 1.29 is 9.84 Å². The van der Waals surface area contributed by atoms with E-state index in [4.69, 9.17) is 9.84 Å². The summed E-state index contributed by atoms with van der Waals surface area (Å²) in [6, 6.07) is 0.634. The van der Waals surface area contributed by atoms with E-state index in [0.29, 0.717) is 24.2 Å². The first-order chi connectivity index (χ1) is 7.78. The highest BCUT2D eigenvalue weighted by Gasteiger charge is 2.41. The second-order valence-electron chi connectivity index (χ2n) is 5.58. The predicted octanol–water partition coefficient (Wildman–Crippen LogP) is 1.70. The van der Waals surface area contributed by atoms with E-state index < -0.39 is 0 Å². The van der Waals surface area contributed by atoms with E-state index in [1.165, 1.54) is 32.1 Å². The van der Waals surface area contributed by atoms with Crippen LogP contribution in [0.1, 0.15) is 44.9 Å². The molecule has 0 aromatic heterocycles. The molecule has 0 amide bonds. The lowest BCUT2D eigenvalue weighted by Gasteiger charge is -2.30. The largest absolute Gasteiger partial charge is 0.396 e. The Hall–Kier alpha value is -0.120. The zero-order valence-corrected chi connectivity index (χ0v) is 10.4. The molecule has 2 aliphatic carbocycles. The summed E-state index contributed by atoms with van der Waals surface area (Å²) >= 11 is 0. The summed E-state index contributed by atoms with van der Waals surface area (Å²) in [5.41, 5.74) is 0.439. The van der Waals surface area contributed by atoms with Crippen LogP contribution in [0.25, 0.3) is 0 Å². The van der Waals surface area contributed by atoms with Gasteiger partial charge in [-0.3, -0.25) is 0 Å². The molecule has 2 fully saturated rings. The van der Waals surface area contributed by atoms with Gasteiger partial charge in [0.1, 0.15) is 0 Å². The second-order valence-corrected chi connectivity index (χ2v) is 5.58. The molecule has 2 N–H and O–H groups in total. The van der Waals surface area contributed by atoms with Crippen LogP contribution in [0, 0.1) is 5.41 Å². The molecular weight excluding hydrogens is 202 g/mol. The van der Waals surface area contributed by atoms with Crippen molar-refractivity contribution in [3.05, 3.63) is 0 Å². The van der Waals surface area contributed by atoms with Crippen molar-refractivity contribution in [2.75, 3.05) is 20.3 Å². The van der Waals surface area contributed by atoms with Crippen molar-refractivity contribution >= 4 is 0 Å². The van der Waals surface area contributed by atoms with Gasteiger partial charge in [0.2, 0.25) is 0 Å². The van der Waals surface area contributed by atoms with Gasteiger partial charge in [0.25, 0.3) is 0 Å². The van der Waals surface area contributed by atoms with Crippen LogP contribution in [0.5, 0.6) is 0 Å². The van der Waals surface area contributed by atoms with Gasteiger partial charge >= 0.3 is 0 Å². The smallest absolute Gasteiger partial charge is 0.0586 e. The van der Waals surface area contributed by atoms with Gasteiger partial charge in [0.05, 0.1) is 6.10 Å². The first kappa shape index (κ1) is 12.3. The third-order valence-electron chi connectivity index (χ3n) is 4.32. The molecule has 0 aromatic rings. The van der Waals surface area contributed by atoms with Gasteiger partial charge in [-0.05, 0) is 50.4 Å². The topological polar surface area (TPSA) is 41.5 Å². The van der Waals surface area contributed by atoms with Gasteiger partial charge < -0.3 is 15.2 Å². The van der Waals surface area contributed by atoms with Gasteiger partial charge in [-0.2, -0.15) is 0 Å². The van der Waals surface area contributed by atoms with Gasteiger partial charge in [-0.1, -0.05) is 0 Å². The van der Waals surface area contributed by atoms with Crippen LogP contribution in [0.15, 0.2) is 0 Å². The summed E-state index contributed by atoms with van der Waals surface area (Å²) in [6.07, 6.45) is 8.96. The van der Waals surface area contributed by atoms with Crippen molar-refractivity contribution in [1.29, 1.82) is 0 Å². The molecule has 16 heavy (non-hydrogen) atoms.